The molecule has 0 spiro atoms. The summed E-state index contributed by atoms with van der Waals surface area (Å²) in [4.78, 5) is 14.1. The van der Waals surface area contributed by atoms with Gasteiger partial charge in [-0.3, -0.25) is 4.79 Å². The van der Waals surface area contributed by atoms with E-state index in [0.717, 1.165) is 18.7 Å². The minimum atomic E-state index is -0.305. The van der Waals surface area contributed by atoms with Gasteiger partial charge in [0.05, 0.1) is 10.9 Å². The predicted molar refractivity (Wildman–Crippen MR) is 76.4 cm³/mol. The van der Waals surface area contributed by atoms with E-state index in [-0.39, 0.29) is 11.7 Å². The first-order valence-electron chi connectivity index (χ1n) is 6.43. The number of amides is 1. The lowest BCUT2D eigenvalue weighted by Gasteiger charge is -2.36. The number of nitrogens with one attached hydrogen (secondary N) is 1. The number of carbonyl (C=O) groups is 1. The molecule has 1 saturated heterocycles. The maximum Gasteiger partial charge on any atom is 0.227 e. The summed E-state index contributed by atoms with van der Waals surface area (Å²) in [5, 5.41) is 3.39. The molecular formula is C14H18BrFN2O. The van der Waals surface area contributed by atoms with Crippen LogP contribution in [0.2, 0.25) is 0 Å². The van der Waals surface area contributed by atoms with Gasteiger partial charge in [-0.15, -0.1) is 0 Å². The maximum absolute atomic E-state index is 13.1. The highest BCUT2D eigenvalue weighted by atomic mass is 79.9. The van der Waals surface area contributed by atoms with E-state index in [2.05, 4.69) is 35.1 Å². The number of rotatable bonds is 2. The van der Waals surface area contributed by atoms with Gasteiger partial charge in [-0.2, -0.15) is 0 Å². The van der Waals surface area contributed by atoms with Crippen molar-refractivity contribution in [2.24, 2.45) is 0 Å². The molecule has 1 heterocycles. The summed E-state index contributed by atoms with van der Waals surface area (Å²) >= 11 is 3.14. The summed E-state index contributed by atoms with van der Waals surface area (Å²) in [5.41, 5.74) is 0.831. The second-order valence-corrected chi connectivity index (χ2v) is 6.05. The molecule has 0 saturated carbocycles. The van der Waals surface area contributed by atoms with Crippen LogP contribution >= 0.6 is 15.9 Å². The minimum Gasteiger partial charge on any atom is -0.339 e. The average Bonchev–Trinajstić information content (AvgIpc) is 2.32. The summed E-state index contributed by atoms with van der Waals surface area (Å²) in [6.07, 6.45) is 0.318. The Balaban J connectivity index is 2.02. The van der Waals surface area contributed by atoms with E-state index < -0.39 is 0 Å². The molecule has 104 valence electrons. The minimum absolute atomic E-state index is 0.0960. The highest BCUT2D eigenvalue weighted by molar-refractivity contribution is 9.10. The second kappa shape index (κ2) is 6.01. The molecule has 1 aromatic carbocycles. The molecule has 5 heteroatoms. The number of piperazine rings is 1. The average molecular weight is 329 g/mol. The Labute approximate surface area is 121 Å². The third kappa shape index (κ3) is 3.76. The van der Waals surface area contributed by atoms with Crippen LogP contribution in [0.5, 0.6) is 0 Å². The molecule has 0 unspecified atom stereocenters. The number of halogens is 2. The van der Waals surface area contributed by atoms with E-state index in [1.807, 2.05) is 4.90 Å². The number of carbonyl (C=O) groups excluding carboxylic acids is 1. The lowest BCUT2D eigenvalue weighted by atomic mass is 10.1. The molecule has 2 rings (SSSR count). The van der Waals surface area contributed by atoms with Gasteiger partial charge in [-0.1, -0.05) is 6.07 Å². The third-order valence-electron chi connectivity index (χ3n) is 3.25. The zero-order chi connectivity index (χ0) is 14.0. The fourth-order valence-electron chi connectivity index (χ4n) is 2.47. The van der Waals surface area contributed by atoms with Crippen LogP contribution in [0.25, 0.3) is 0 Å². The van der Waals surface area contributed by atoms with Crippen LogP contribution in [-0.2, 0) is 11.2 Å². The van der Waals surface area contributed by atoms with Gasteiger partial charge >= 0.3 is 0 Å². The van der Waals surface area contributed by atoms with Crippen molar-refractivity contribution in [2.75, 3.05) is 13.1 Å². The summed E-state index contributed by atoms with van der Waals surface area (Å²) in [6.45, 7) is 5.60. The Morgan fingerprint density at radius 3 is 2.63 bits per heavy atom. The largest absolute Gasteiger partial charge is 0.339 e. The van der Waals surface area contributed by atoms with Gasteiger partial charge in [0.25, 0.3) is 0 Å². The number of hydrogen-bond donors (Lipinski definition) is 1. The molecule has 1 N–H and O–H groups in total. The standard InChI is InChI=1S/C14H18BrFN2O/c1-9-7-18(8-10(2)17-9)14(19)6-11-3-4-13(16)12(15)5-11/h3-5,9-10,17H,6-8H2,1-2H3/t9-,10-/m0/s1. The molecule has 0 aliphatic carbocycles. The van der Waals surface area contributed by atoms with E-state index in [9.17, 15) is 9.18 Å². The fraction of sp³-hybridized carbons (Fsp3) is 0.500. The Morgan fingerprint density at radius 2 is 2.05 bits per heavy atom. The molecule has 1 fully saturated rings. The molecule has 1 aliphatic heterocycles. The number of hydrogen-bond acceptors (Lipinski definition) is 2. The fourth-order valence-corrected chi connectivity index (χ4v) is 2.89. The van der Waals surface area contributed by atoms with Gasteiger partial charge in [-0.25, -0.2) is 4.39 Å². The van der Waals surface area contributed by atoms with Crippen LogP contribution < -0.4 is 5.32 Å². The number of nitrogens with zero attached hydrogens (tertiary/aromatic N) is 1. The lowest BCUT2D eigenvalue weighted by molar-refractivity contribution is -0.132. The van der Waals surface area contributed by atoms with Crippen molar-refractivity contribution in [2.45, 2.75) is 32.4 Å². The maximum atomic E-state index is 13.1. The Hall–Kier alpha value is -0.940. The molecule has 0 radical (unpaired) electrons. The molecule has 2 atom stereocenters. The van der Waals surface area contributed by atoms with Crippen LogP contribution in [0.1, 0.15) is 19.4 Å². The van der Waals surface area contributed by atoms with Crippen molar-refractivity contribution in [3.8, 4) is 0 Å². The first kappa shape index (κ1) is 14.5. The van der Waals surface area contributed by atoms with Crippen molar-refractivity contribution in [1.29, 1.82) is 0 Å². The van der Waals surface area contributed by atoms with E-state index in [4.69, 9.17) is 0 Å². The van der Waals surface area contributed by atoms with Crippen molar-refractivity contribution < 1.29 is 9.18 Å². The van der Waals surface area contributed by atoms with Crippen LogP contribution in [0.3, 0.4) is 0 Å². The molecule has 1 aromatic rings. The Kier molecular flexibility index (Phi) is 4.58. The van der Waals surface area contributed by atoms with Crippen LogP contribution in [0.15, 0.2) is 22.7 Å². The van der Waals surface area contributed by atoms with Crippen molar-refractivity contribution >= 4 is 21.8 Å². The molecule has 3 nitrogen and oxygen atoms in total. The quantitative estimate of drug-likeness (QED) is 0.903. The van der Waals surface area contributed by atoms with E-state index >= 15 is 0 Å². The summed E-state index contributed by atoms with van der Waals surface area (Å²) < 4.78 is 13.5. The number of benzene rings is 1. The lowest BCUT2D eigenvalue weighted by Crippen LogP contribution is -2.56. The topological polar surface area (TPSA) is 32.3 Å². The second-order valence-electron chi connectivity index (χ2n) is 5.19. The van der Waals surface area contributed by atoms with E-state index in [0.29, 0.717) is 23.0 Å². The first-order chi connectivity index (χ1) is 8.95. The van der Waals surface area contributed by atoms with Crippen molar-refractivity contribution in [1.82, 2.24) is 10.2 Å². The van der Waals surface area contributed by atoms with Gasteiger partial charge in [0.1, 0.15) is 5.82 Å². The van der Waals surface area contributed by atoms with Gasteiger partial charge in [0, 0.05) is 25.2 Å². The summed E-state index contributed by atoms with van der Waals surface area (Å²) in [6, 6.07) is 5.34. The highest BCUT2D eigenvalue weighted by Gasteiger charge is 2.24. The van der Waals surface area contributed by atoms with Gasteiger partial charge in [-0.05, 0) is 47.5 Å². The SMILES string of the molecule is C[C@H]1CN(C(=O)Cc2ccc(F)c(Br)c2)C[C@H](C)N1. The van der Waals surface area contributed by atoms with Crippen LogP contribution in [0, 0.1) is 5.82 Å². The molecule has 1 aliphatic rings. The highest BCUT2D eigenvalue weighted by Crippen LogP contribution is 2.18. The van der Waals surface area contributed by atoms with Gasteiger partial charge in [0.2, 0.25) is 5.91 Å². The van der Waals surface area contributed by atoms with Crippen molar-refractivity contribution in [3.63, 3.8) is 0 Å². The Bertz CT molecular complexity index is 471. The molecule has 0 bridgehead atoms. The molecule has 1 amide bonds. The predicted octanol–water partition coefficient (Wildman–Crippen LogP) is 2.34. The summed E-state index contributed by atoms with van der Waals surface area (Å²) in [7, 11) is 0. The Morgan fingerprint density at radius 1 is 1.42 bits per heavy atom. The van der Waals surface area contributed by atoms with Gasteiger partial charge in [0.15, 0.2) is 0 Å². The van der Waals surface area contributed by atoms with Gasteiger partial charge < -0.3 is 10.2 Å². The first-order valence-corrected chi connectivity index (χ1v) is 7.22. The molecule has 0 aromatic heterocycles. The van der Waals surface area contributed by atoms with Crippen LogP contribution in [0.4, 0.5) is 4.39 Å². The zero-order valence-corrected chi connectivity index (χ0v) is 12.7. The smallest absolute Gasteiger partial charge is 0.227 e. The van der Waals surface area contributed by atoms with E-state index in [1.54, 1.807) is 12.1 Å². The normalized spacial score (nSPS) is 23.5. The van der Waals surface area contributed by atoms with Crippen LogP contribution in [-0.4, -0.2) is 36.0 Å². The molecule has 19 heavy (non-hydrogen) atoms. The monoisotopic (exact) mass is 328 g/mol. The summed E-state index contributed by atoms with van der Waals surface area (Å²) in [5.74, 6) is -0.209. The third-order valence-corrected chi connectivity index (χ3v) is 3.86. The van der Waals surface area contributed by atoms with Crippen molar-refractivity contribution in [3.05, 3.63) is 34.1 Å². The zero-order valence-electron chi connectivity index (χ0n) is 11.1. The van der Waals surface area contributed by atoms with E-state index in [1.165, 1.54) is 6.07 Å². The molecular weight excluding hydrogens is 311 g/mol.